The van der Waals surface area contributed by atoms with E-state index >= 15 is 0 Å². The largest absolute Gasteiger partial charge is 0.396 e. The van der Waals surface area contributed by atoms with Crippen LogP contribution in [0.4, 0.5) is 0 Å². The van der Waals surface area contributed by atoms with E-state index in [1.807, 2.05) is 18.2 Å². The Morgan fingerprint density at radius 3 is 2.48 bits per heavy atom. The van der Waals surface area contributed by atoms with Gasteiger partial charge in [-0.25, -0.2) is 0 Å². The highest BCUT2D eigenvalue weighted by Gasteiger charge is 2.36. The van der Waals surface area contributed by atoms with Crippen molar-refractivity contribution in [1.29, 1.82) is 0 Å². The van der Waals surface area contributed by atoms with Crippen molar-refractivity contribution in [3.8, 4) is 0 Å². The van der Waals surface area contributed by atoms with Gasteiger partial charge in [0.2, 0.25) is 5.89 Å². The van der Waals surface area contributed by atoms with E-state index in [0.29, 0.717) is 18.1 Å². The van der Waals surface area contributed by atoms with Crippen molar-refractivity contribution in [2.45, 2.75) is 44.6 Å². The van der Waals surface area contributed by atoms with E-state index in [1.165, 1.54) is 5.56 Å². The SMILES string of the molecule is CCC(CC)(c1ccccc1)c1noc(C(N)CCO)n1. The standard InChI is InChI=1S/C16H23N3O2/c1-3-16(4-2,12-8-6-5-7-9-12)15-18-14(21-19-15)13(17)10-11-20/h5-9,13,20H,3-4,10-11,17H2,1-2H3. The smallest absolute Gasteiger partial charge is 0.243 e. The lowest BCUT2D eigenvalue weighted by molar-refractivity contribution is 0.258. The van der Waals surface area contributed by atoms with Gasteiger partial charge in [0.15, 0.2) is 5.82 Å². The summed E-state index contributed by atoms with van der Waals surface area (Å²) < 4.78 is 5.31. The van der Waals surface area contributed by atoms with Gasteiger partial charge in [-0.3, -0.25) is 0 Å². The third kappa shape index (κ3) is 2.99. The summed E-state index contributed by atoms with van der Waals surface area (Å²) in [5.41, 5.74) is 6.84. The molecule has 0 saturated heterocycles. The molecule has 0 spiro atoms. The van der Waals surface area contributed by atoms with Crippen LogP contribution in [-0.2, 0) is 5.41 Å². The van der Waals surface area contributed by atoms with Crippen LogP contribution in [-0.4, -0.2) is 21.9 Å². The Labute approximate surface area is 125 Å². The Bertz CT molecular complexity index is 550. The van der Waals surface area contributed by atoms with E-state index in [0.717, 1.165) is 12.8 Å². The zero-order valence-electron chi connectivity index (χ0n) is 12.6. The monoisotopic (exact) mass is 289 g/mol. The minimum absolute atomic E-state index is 0.00423. The van der Waals surface area contributed by atoms with Crippen molar-refractivity contribution in [2.75, 3.05) is 6.61 Å². The topological polar surface area (TPSA) is 85.2 Å². The van der Waals surface area contributed by atoms with Crippen LogP contribution in [0.1, 0.15) is 56.4 Å². The van der Waals surface area contributed by atoms with Crippen LogP contribution < -0.4 is 5.73 Å². The fourth-order valence-corrected chi connectivity index (χ4v) is 2.70. The quantitative estimate of drug-likeness (QED) is 0.818. The van der Waals surface area contributed by atoms with Gasteiger partial charge in [0, 0.05) is 6.61 Å². The van der Waals surface area contributed by atoms with Crippen molar-refractivity contribution < 1.29 is 9.63 Å². The predicted molar refractivity (Wildman–Crippen MR) is 80.7 cm³/mol. The first-order valence-electron chi connectivity index (χ1n) is 7.44. The number of benzene rings is 1. The third-order valence-electron chi connectivity index (χ3n) is 4.16. The van der Waals surface area contributed by atoms with E-state index in [1.54, 1.807) is 0 Å². The summed E-state index contributed by atoms with van der Waals surface area (Å²) in [6.07, 6.45) is 2.17. The summed E-state index contributed by atoms with van der Waals surface area (Å²) in [6.45, 7) is 4.25. The molecule has 114 valence electrons. The minimum atomic E-state index is -0.418. The van der Waals surface area contributed by atoms with Crippen molar-refractivity contribution in [1.82, 2.24) is 10.1 Å². The lowest BCUT2D eigenvalue weighted by atomic mass is 9.75. The maximum absolute atomic E-state index is 8.97. The van der Waals surface area contributed by atoms with Crippen LogP contribution >= 0.6 is 0 Å². The molecule has 2 aromatic rings. The van der Waals surface area contributed by atoms with Crippen LogP contribution in [0.15, 0.2) is 34.9 Å². The van der Waals surface area contributed by atoms with Crippen molar-refractivity contribution >= 4 is 0 Å². The summed E-state index contributed by atoms with van der Waals surface area (Å²) >= 11 is 0. The molecule has 0 radical (unpaired) electrons. The van der Waals surface area contributed by atoms with Crippen LogP contribution in [0.5, 0.6) is 0 Å². The molecule has 1 aromatic heterocycles. The normalized spacial score (nSPS) is 13.3. The Kier molecular flexibility index (Phi) is 5.09. The van der Waals surface area contributed by atoms with E-state index in [2.05, 4.69) is 36.1 Å². The van der Waals surface area contributed by atoms with Crippen molar-refractivity contribution in [3.05, 3.63) is 47.6 Å². The number of aliphatic hydroxyl groups is 1. The summed E-state index contributed by atoms with van der Waals surface area (Å²) in [5.74, 6) is 1.06. The average Bonchev–Trinajstić information content (AvgIpc) is 3.01. The van der Waals surface area contributed by atoms with E-state index in [9.17, 15) is 0 Å². The number of nitrogens with two attached hydrogens (primary N) is 1. The van der Waals surface area contributed by atoms with Crippen molar-refractivity contribution in [3.63, 3.8) is 0 Å². The lowest BCUT2D eigenvalue weighted by Gasteiger charge is -2.28. The van der Waals surface area contributed by atoms with Gasteiger partial charge < -0.3 is 15.4 Å². The van der Waals surface area contributed by atoms with Crippen molar-refractivity contribution in [2.24, 2.45) is 5.73 Å². The molecule has 1 aromatic carbocycles. The summed E-state index contributed by atoms with van der Waals surface area (Å²) in [4.78, 5) is 4.51. The number of nitrogens with zero attached hydrogens (tertiary/aromatic N) is 2. The Morgan fingerprint density at radius 2 is 1.90 bits per heavy atom. The first-order chi connectivity index (χ1) is 10.2. The first-order valence-corrected chi connectivity index (χ1v) is 7.44. The van der Waals surface area contributed by atoms with Crippen LogP contribution in [0.25, 0.3) is 0 Å². The van der Waals surface area contributed by atoms with Gasteiger partial charge in [0.25, 0.3) is 0 Å². The molecule has 5 heteroatoms. The zero-order valence-corrected chi connectivity index (χ0v) is 12.6. The highest BCUT2D eigenvalue weighted by Crippen LogP contribution is 2.37. The number of hydrogen-bond donors (Lipinski definition) is 2. The highest BCUT2D eigenvalue weighted by molar-refractivity contribution is 5.32. The van der Waals surface area contributed by atoms with Gasteiger partial charge in [0.05, 0.1) is 11.5 Å². The third-order valence-corrected chi connectivity index (χ3v) is 4.16. The fourth-order valence-electron chi connectivity index (χ4n) is 2.70. The van der Waals surface area contributed by atoms with Crippen LogP contribution in [0.2, 0.25) is 0 Å². The van der Waals surface area contributed by atoms with Gasteiger partial charge in [-0.05, 0) is 24.8 Å². The second-order valence-corrected chi connectivity index (χ2v) is 5.23. The molecular formula is C16H23N3O2. The minimum Gasteiger partial charge on any atom is -0.396 e. The predicted octanol–water partition coefficient (Wildman–Crippen LogP) is 2.56. The first kappa shape index (κ1) is 15.7. The Morgan fingerprint density at radius 1 is 1.24 bits per heavy atom. The molecule has 0 bridgehead atoms. The lowest BCUT2D eigenvalue weighted by Crippen LogP contribution is -2.27. The van der Waals surface area contributed by atoms with E-state index < -0.39 is 6.04 Å². The Balaban J connectivity index is 2.40. The molecule has 21 heavy (non-hydrogen) atoms. The van der Waals surface area contributed by atoms with Crippen LogP contribution in [0, 0.1) is 0 Å². The number of aromatic nitrogens is 2. The summed E-state index contributed by atoms with van der Waals surface area (Å²) in [6, 6.07) is 9.81. The summed E-state index contributed by atoms with van der Waals surface area (Å²) in [5, 5.41) is 13.1. The van der Waals surface area contributed by atoms with Gasteiger partial charge in [-0.2, -0.15) is 4.98 Å². The molecule has 0 saturated carbocycles. The molecular weight excluding hydrogens is 266 g/mol. The molecule has 1 unspecified atom stereocenters. The van der Waals surface area contributed by atoms with Crippen LogP contribution in [0.3, 0.4) is 0 Å². The zero-order chi connectivity index (χ0) is 15.3. The second-order valence-electron chi connectivity index (χ2n) is 5.23. The Hall–Kier alpha value is -1.72. The fraction of sp³-hybridized carbons (Fsp3) is 0.500. The highest BCUT2D eigenvalue weighted by atomic mass is 16.5. The number of rotatable bonds is 7. The molecule has 0 aliphatic rings. The average molecular weight is 289 g/mol. The number of hydrogen-bond acceptors (Lipinski definition) is 5. The summed E-state index contributed by atoms with van der Waals surface area (Å²) in [7, 11) is 0. The van der Waals surface area contributed by atoms with Gasteiger partial charge >= 0.3 is 0 Å². The molecule has 1 heterocycles. The molecule has 2 rings (SSSR count). The van der Waals surface area contributed by atoms with Gasteiger partial charge in [-0.15, -0.1) is 0 Å². The molecule has 0 amide bonds. The van der Waals surface area contributed by atoms with E-state index in [4.69, 9.17) is 15.4 Å². The van der Waals surface area contributed by atoms with E-state index in [-0.39, 0.29) is 12.0 Å². The molecule has 1 atom stereocenters. The molecule has 5 nitrogen and oxygen atoms in total. The van der Waals surface area contributed by atoms with Gasteiger partial charge in [-0.1, -0.05) is 49.3 Å². The molecule has 0 aliphatic heterocycles. The molecule has 3 N–H and O–H groups in total. The maximum Gasteiger partial charge on any atom is 0.243 e. The van der Waals surface area contributed by atoms with Gasteiger partial charge in [0.1, 0.15) is 0 Å². The maximum atomic E-state index is 8.97. The second kappa shape index (κ2) is 6.83. The number of aliphatic hydroxyl groups excluding tert-OH is 1. The molecule has 0 fully saturated rings. The molecule has 0 aliphatic carbocycles.